The van der Waals surface area contributed by atoms with Crippen molar-refractivity contribution < 1.29 is 22.7 Å². The minimum atomic E-state index is -3.51. The zero-order valence-electron chi connectivity index (χ0n) is 15.6. The summed E-state index contributed by atoms with van der Waals surface area (Å²) in [7, 11) is -1.95. The van der Waals surface area contributed by atoms with Crippen LogP contribution in [0.3, 0.4) is 0 Å². The first-order valence-electron chi connectivity index (χ1n) is 8.79. The van der Waals surface area contributed by atoms with Gasteiger partial charge in [-0.05, 0) is 42.5 Å². The predicted octanol–water partition coefficient (Wildman–Crippen LogP) is 1.95. The van der Waals surface area contributed by atoms with Crippen LogP contribution in [0.1, 0.15) is 20.3 Å². The van der Waals surface area contributed by atoms with Crippen LogP contribution in [0.25, 0.3) is 0 Å². The Kier molecular flexibility index (Phi) is 7.57. The van der Waals surface area contributed by atoms with E-state index in [0.717, 1.165) is 6.42 Å². The van der Waals surface area contributed by atoms with E-state index >= 15 is 0 Å². The summed E-state index contributed by atoms with van der Waals surface area (Å²) in [6.07, 6.45) is 1.05. The highest BCUT2D eigenvalue weighted by atomic mass is 32.2. The Labute approximate surface area is 155 Å². The van der Waals surface area contributed by atoms with Gasteiger partial charge in [0, 0.05) is 25.9 Å². The fourth-order valence-electron chi connectivity index (χ4n) is 3.17. The van der Waals surface area contributed by atoms with Crippen molar-refractivity contribution in [2.45, 2.75) is 25.2 Å². The second kappa shape index (κ2) is 9.45. The number of methoxy groups -OCH3 is 1. The number of piperidine rings is 1. The van der Waals surface area contributed by atoms with Gasteiger partial charge in [-0.1, -0.05) is 13.8 Å². The average Bonchev–Trinajstić information content (AvgIpc) is 2.58. The average molecular weight is 384 g/mol. The van der Waals surface area contributed by atoms with Crippen molar-refractivity contribution in [2.24, 2.45) is 11.8 Å². The molecule has 1 fully saturated rings. The van der Waals surface area contributed by atoms with E-state index in [1.807, 2.05) is 0 Å². The minimum absolute atomic E-state index is 0.0764. The number of rotatable bonds is 8. The van der Waals surface area contributed by atoms with Crippen molar-refractivity contribution in [3.8, 4) is 0 Å². The van der Waals surface area contributed by atoms with E-state index in [0.29, 0.717) is 43.8 Å². The third kappa shape index (κ3) is 5.77. The summed E-state index contributed by atoms with van der Waals surface area (Å²) >= 11 is 0. The summed E-state index contributed by atoms with van der Waals surface area (Å²) in [6, 6.07) is 6.24. The fourth-order valence-corrected chi connectivity index (χ4v) is 4.85. The van der Waals surface area contributed by atoms with Gasteiger partial charge >= 0.3 is 0 Å². The molecule has 146 valence electrons. The molecule has 1 saturated heterocycles. The highest BCUT2D eigenvalue weighted by Crippen LogP contribution is 2.27. The van der Waals surface area contributed by atoms with Gasteiger partial charge in [-0.15, -0.1) is 0 Å². The predicted molar refractivity (Wildman–Crippen MR) is 99.5 cm³/mol. The van der Waals surface area contributed by atoms with Crippen molar-refractivity contribution in [3.63, 3.8) is 0 Å². The Balaban J connectivity index is 1.96. The lowest BCUT2D eigenvalue weighted by Crippen LogP contribution is -2.42. The smallest absolute Gasteiger partial charge is 0.250 e. The normalized spacial score (nSPS) is 21.5. The van der Waals surface area contributed by atoms with Crippen molar-refractivity contribution >= 4 is 21.6 Å². The number of amides is 1. The van der Waals surface area contributed by atoms with E-state index in [4.69, 9.17) is 9.47 Å². The van der Waals surface area contributed by atoms with Gasteiger partial charge in [0.2, 0.25) is 15.9 Å². The molecule has 2 rings (SSSR count). The van der Waals surface area contributed by atoms with Crippen LogP contribution in [0.5, 0.6) is 0 Å². The lowest BCUT2D eigenvalue weighted by molar-refractivity contribution is -0.121. The quantitative estimate of drug-likeness (QED) is 0.693. The van der Waals surface area contributed by atoms with E-state index in [2.05, 4.69) is 19.2 Å². The number of carbonyl (C=O) groups is 1. The maximum Gasteiger partial charge on any atom is 0.250 e. The molecular weight excluding hydrogens is 356 g/mol. The molecule has 0 aromatic heterocycles. The van der Waals surface area contributed by atoms with Gasteiger partial charge in [0.15, 0.2) is 0 Å². The summed E-state index contributed by atoms with van der Waals surface area (Å²) in [5.41, 5.74) is 0.532. The van der Waals surface area contributed by atoms with Crippen LogP contribution >= 0.6 is 0 Å². The Morgan fingerprint density at radius 2 is 1.77 bits per heavy atom. The first-order chi connectivity index (χ1) is 12.3. The number of nitrogens with one attached hydrogen (secondary N) is 1. The summed E-state index contributed by atoms with van der Waals surface area (Å²) in [4.78, 5) is 12.0. The maximum atomic E-state index is 12.8. The van der Waals surface area contributed by atoms with Crippen LogP contribution in [0, 0.1) is 11.8 Å². The van der Waals surface area contributed by atoms with Crippen molar-refractivity contribution in [3.05, 3.63) is 24.3 Å². The van der Waals surface area contributed by atoms with Gasteiger partial charge in [-0.2, -0.15) is 4.31 Å². The molecule has 1 heterocycles. The summed E-state index contributed by atoms with van der Waals surface area (Å²) in [5.74, 6) is 0.408. The van der Waals surface area contributed by atoms with E-state index in [1.165, 1.54) is 12.1 Å². The fraction of sp³-hybridized carbons (Fsp3) is 0.611. The van der Waals surface area contributed by atoms with E-state index in [1.54, 1.807) is 23.5 Å². The van der Waals surface area contributed by atoms with E-state index < -0.39 is 10.0 Å². The summed E-state index contributed by atoms with van der Waals surface area (Å²) in [6.45, 7) is 5.93. The number of hydrogen-bond donors (Lipinski definition) is 1. The lowest BCUT2D eigenvalue weighted by Gasteiger charge is -2.34. The second-order valence-corrected chi connectivity index (χ2v) is 8.82. The van der Waals surface area contributed by atoms with E-state index in [9.17, 15) is 13.2 Å². The second-order valence-electron chi connectivity index (χ2n) is 6.89. The van der Waals surface area contributed by atoms with Crippen molar-refractivity contribution in [1.29, 1.82) is 0 Å². The molecule has 1 aromatic carbocycles. The third-order valence-corrected chi connectivity index (χ3v) is 6.12. The molecule has 1 aromatic rings. The van der Waals surface area contributed by atoms with Crippen LogP contribution in [0.2, 0.25) is 0 Å². The highest BCUT2D eigenvalue weighted by molar-refractivity contribution is 7.89. The molecular formula is C18H28N2O5S. The number of ether oxygens (including phenoxy) is 2. The number of benzene rings is 1. The zero-order valence-corrected chi connectivity index (χ0v) is 16.4. The molecule has 2 unspecified atom stereocenters. The first-order valence-corrected chi connectivity index (χ1v) is 10.2. The highest BCUT2D eigenvalue weighted by Gasteiger charge is 2.31. The zero-order chi connectivity index (χ0) is 19.2. The molecule has 0 saturated carbocycles. The molecule has 1 aliphatic heterocycles. The summed E-state index contributed by atoms with van der Waals surface area (Å²) in [5, 5.41) is 2.68. The SMILES string of the molecule is COCCOCC(=O)Nc1ccc(S(=O)(=O)N2CC(C)CC(C)C2)cc1. The Hall–Kier alpha value is -1.48. The van der Waals surface area contributed by atoms with Gasteiger partial charge in [0.1, 0.15) is 6.61 Å². The minimum Gasteiger partial charge on any atom is -0.382 e. The van der Waals surface area contributed by atoms with Crippen LogP contribution in [-0.2, 0) is 24.3 Å². The number of anilines is 1. The van der Waals surface area contributed by atoms with Gasteiger partial charge < -0.3 is 14.8 Å². The van der Waals surface area contributed by atoms with E-state index in [-0.39, 0.29) is 17.4 Å². The van der Waals surface area contributed by atoms with Gasteiger partial charge in [-0.3, -0.25) is 4.79 Å². The largest absolute Gasteiger partial charge is 0.382 e. The third-order valence-electron chi connectivity index (χ3n) is 4.28. The Bertz CT molecular complexity index is 680. The molecule has 0 bridgehead atoms. The van der Waals surface area contributed by atoms with Crippen LogP contribution in [0.4, 0.5) is 5.69 Å². The van der Waals surface area contributed by atoms with Gasteiger partial charge in [-0.25, -0.2) is 8.42 Å². The number of hydrogen-bond acceptors (Lipinski definition) is 5. The standard InChI is InChI=1S/C18H28N2O5S/c1-14-10-15(2)12-20(11-14)26(22,23)17-6-4-16(5-7-17)19-18(21)13-25-9-8-24-3/h4-7,14-15H,8-13H2,1-3H3,(H,19,21). The first kappa shape index (κ1) is 20.8. The number of carbonyl (C=O) groups excluding carboxylic acids is 1. The molecule has 0 aliphatic carbocycles. The number of nitrogens with zero attached hydrogens (tertiary/aromatic N) is 1. The molecule has 0 radical (unpaired) electrons. The molecule has 1 aliphatic rings. The van der Waals surface area contributed by atoms with Crippen molar-refractivity contribution in [1.82, 2.24) is 4.31 Å². The maximum absolute atomic E-state index is 12.8. The molecule has 0 spiro atoms. The van der Waals surface area contributed by atoms with Crippen LogP contribution in [0.15, 0.2) is 29.2 Å². The van der Waals surface area contributed by atoms with Gasteiger partial charge in [0.25, 0.3) is 0 Å². The van der Waals surface area contributed by atoms with Crippen molar-refractivity contribution in [2.75, 3.05) is 45.3 Å². The molecule has 1 N–H and O–H groups in total. The molecule has 2 atom stereocenters. The van der Waals surface area contributed by atoms with Gasteiger partial charge in [0.05, 0.1) is 18.1 Å². The van der Waals surface area contributed by atoms with Crippen LogP contribution in [-0.4, -0.2) is 58.7 Å². The number of sulfonamides is 1. The topological polar surface area (TPSA) is 84.9 Å². The Morgan fingerprint density at radius 1 is 1.15 bits per heavy atom. The monoisotopic (exact) mass is 384 g/mol. The molecule has 7 nitrogen and oxygen atoms in total. The van der Waals surface area contributed by atoms with Crippen LogP contribution < -0.4 is 5.32 Å². The molecule has 8 heteroatoms. The molecule has 1 amide bonds. The Morgan fingerprint density at radius 3 is 2.35 bits per heavy atom. The summed E-state index contributed by atoms with van der Waals surface area (Å²) < 4.78 is 37.2. The lowest BCUT2D eigenvalue weighted by atomic mass is 9.94. The molecule has 26 heavy (non-hydrogen) atoms.